The van der Waals surface area contributed by atoms with Crippen LogP contribution in [0.25, 0.3) is 0 Å². The van der Waals surface area contributed by atoms with Crippen molar-refractivity contribution in [1.29, 1.82) is 0 Å². The van der Waals surface area contributed by atoms with E-state index in [-0.39, 0.29) is 40.8 Å². The van der Waals surface area contributed by atoms with Gasteiger partial charge in [-0.2, -0.15) is 0 Å². The zero-order chi connectivity index (χ0) is 27.0. The van der Waals surface area contributed by atoms with Crippen LogP contribution in [0.15, 0.2) is 12.2 Å². The Kier molecular flexibility index (Phi) is 6.77. The number of hydrogen-bond acceptors (Lipinski definition) is 5. The number of hydrogen-bond donors (Lipinski definition) is 3. The molecular weight excluding hydrogens is 464 g/mol. The SMILES string of the molecule is C=C(CO)[C@@H]1CC[C@]2(COC(C)=O)CC[C@]3(C)[C@H](CC[C@@H]4[C@@]5(C)CC[C@H](O)[C@@](C)(CO)[C@@H]5CC[C@]43C)[C@@H]12. The van der Waals surface area contributed by atoms with Crippen molar-refractivity contribution in [1.82, 2.24) is 0 Å². The molecule has 0 aliphatic heterocycles. The Morgan fingerprint density at radius 3 is 2.27 bits per heavy atom. The molecule has 0 saturated heterocycles. The summed E-state index contributed by atoms with van der Waals surface area (Å²) in [5.74, 6) is 1.92. The number of aliphatic hydroxyl groups excluding tert-OH is 3. The second-order valence-corrected chi connectivity index (χ2v) is 15.0. The molecule has 5 aliphatic carbocycles. The summed E-state index contributed by atoms with van der Waals surface area (Å²) in [7, 11) is 0. The topological polar surface area (TPSA) is 87.0 Å². The monoisotopic (exact) mass is 516 g/mol. The van der Waals surface area contributed by atoms with Crippen LogP contribution in [0.3, 0.4) is 0 Å². The molecular formula is C32H52O5. The Bertz CT molecular complexity index is 932. The van der Waals surface area contributed by atoms with Crippen molar-refractivity contribution in [3.63, 3.8) is 0 Å². The molecule has 210 valence electrons. The summed E-state index contributed by atoms with van der Waals surface area (Å²) in [5.41, 5.74) is 0.996. The normalized spacial score (nSPS) is 52.9. The lowest BCUT2D eigenvalue weighted by molar-refractivity contribution is -0.255. The second-order valence-electron chi connectivity index (χ2n) is 15.0. The first kappa shape index (κ1) is 27.6. The Morgan fingerprint density at radius 2 is 1.62 bits per heavy atom. The van der Waals surface area contributed by atoms with E-state index in [9.17, 15) is 20.1 Å². The molecule has 0 spiro atoms. The first-order valence-corrected chi connectivity index (χ1v) is 15.0. The highest BCUT2D eigenvalue weighted by atomic mass is 16.5. The van der Waals surface area contributed by atoms with Gasteiger partial charge in [0.1, 0.15) is 0 Å². The van der Waals surface area contributed by atoms with Gasteiger partial charge in [-0.15, -0.1) is 0 Å². The largest absolute Gasteiger partial charge is 0.465 e. The number of carbonyl (C=O) groups excluding carboxylic acids is 1. The molecule has 0 aromatic carbocycles. The minimum atomic E-state index is -0.424. The molecule has 0 amide bonds. The summed E-state index contributed by atoms with van der Waals surface area (Å²) in [6.45, 7) is 16.2. The highest BCUT2D eigenvalue weighted by Crippen LogP contribution is 2.77. The fraction of sp³-hybridized carbons (Fsp3) is 0.906. The summed E-state index contributed by atoms with van der Waals surface area (Å²) >= 11 is 0. The maximum Gasteiger partial charge on any atom is 0.302 e. The molecule has 0 aromatic heterocycles. The van der Waals surface area contributed by atoms with E-state index in [2.05, 4.69) is 34.3 Å². The first-order chi connectivity index (χ1) is 17.3. The van der Waals surface area contributed by atoms with Crippen LogP contribution in [0.2, 0.25) is 0 Å². The molecule has 5 fully saturated rings. The molecule has 0 bridgehead atoms. The highest BCUT2D eigenvalue weighted by molar-refractivity contribution is 5.65. The van der Waals surface area contributed by atoms with Gasteiger partial charge in [-0.05, 0) is 116 Å². The number of aliphatic hydroxyl groups is 3. The quantitative estimate of drug-likeness (QED) is 0.331. The van der Waals surface area contributed by atoms with E-state index >= 15 is 0 Å². The molecule has 0 unspecified atom stereocenters. The molecule has 0 heterocycles. The van der Waals surface area contributed by atoms with Crippen LogP contribution in [-0.4, -0.2) is 47.2 Å². The summed E-state index contributed by atoms with van der Waals surface area (Å²) in [6.07, 6.45) is 10.3. The van der Waals surface area contributed by atoms with Gasteiger partial charge in [0.2, 0.25) is 0 Å². The molecule has 5 rings (SSSR count). The molecule has 5 aliphatic rings. The van der Waals surface area contributed by atoms with Crippen molar-refractivity contribution in [3.8, 4) is 0 Å². The van der Waals surface area contributed by atoms with Gasteiger partial charge >= 0.3 is 5.97 Å². The average molecular weight is 517 g/mol. The number of rotatable bonds is 5. The lowest BCUT2D eigenvalue weighted by Gasteiger charge is -2.73. The third-order valence-electron chi connectivity index (χ3n) is 14.0. The Morgan fingerprint density at radius 1 is 0.892 bits per heavy atom. The fourth-order valence-electron chi connectivity index (χ4n) is 11.8. The lowest BCUT2D eigenvalue weighted by Crippen LogP contribution is -2.67. The number of ether oxygens (including phenoxy) is 1. The molecule has 5 nitrogen and oxygen atoms in total. The molecule has 3 N–H and O–H groups in total. The maximum absolute atomic E-state index is 11.9. The van der Waals surface area contributed by atoms with E-state index in [0.29, 0.717) is 36.2 Å². The molecule has 5 heteroatoms. The van der Waals surface area contributed by atoms with Crippen molar-refractivity contribution in [3.05, 3.63) is 12.2 Å². The van der Waals surface area contributed by atoms with Crippen molar-refractivity contribution in [2.24, 2.45) is 56.7 Å². The molecule has 0 radical (unpaired) electrons. The Hall–Kier alpha value is -0.910. The van der Waals surface area contributed by atoms with E-state index < -0.39 is 11.5 Å². The summed E-state index contributed by atoms with van der Waals surface area (Å²) in [5, 5.41) is 31.6. The summed E-state index contributed by atoms with van der Waals surface area (Å²) in [4.78, 5) is 11.9. The Labute approximate surface area is 224 Å². The Balaban J connectivity index is 1.53. The van der Waals surface area contributed by atoms with Crippen LogP contribution < -0.4 is 0 Å². The van der Waals surface area contributed by atoms with Crippen molar-refractivity contribution < 1.29 is 24.9 Å². The van der Waals surface area contributed by atoms with Crippen LogP contribution in [0.4, 0.5) is 0 Å². The maximum atomic E-state index is 11.9. The molecule has 0 aromatic rings. The van der Waals surface area contributed by atoms with Gasteiger partial charge in [0.15, 0.2) is 0 Å². The van der Waals surface area contributed by atoms with Crippen molar-refractivity contribution in [2.75, 3.05) is 19.8 Å². The summed E-state index contributed by atoms with van der Waals surface area (Å²) in [6, 6.07) is 0. The van der Waals surface area contributed by atoms with Crippen molar-refractivity contribution in [2.45, 2.75) is 105 Å². The third kappa shape index (κ3) is 3.62. The fourth-order valence-corrected chi connectivity index (χ4v) is 11.8. The summed E-state index contributed by atoms with van der Waals surface area (Å²) < 4.78 is 5.75. The molecule has 5 saturated carbocycles. The van der Waals surface area contributed by atoms with Gasteiger partial charge in [-0.3, -0.25) is 4.79 Å². The van der Waals surface area contributed by atoms with Gasteiger partial charge in [-0.25, -0.2) is 0 Å². The van der Waals surface area contributed by atoms with Gasteiger partial charge in [0.05, 0.1) is 25.9 Å². The van der Waals surface area contributed by atoms with E-state index in [1.165, 1.54) is 19.8 Å². The smallest absolute Gasteiger partial charge is 0.302 e. The van der Waals surface area contributed by atoms with Gasteiger partial charge < -0.3 is 20.1 Å². The van der Waals surface area contributed by atoms with E-state index in [0.717, 1.165) is 56.9 Å². The van der Waals surface area contributed by atoms with Crippen LogP contribution in [0.5, 0.6) is 0 Å². The molecule has 37 heavy (non-hydrogen) atoms. The third-order valence-corrected chi connectivity index (χ3v) is 14.0. The molecule has 11 atom stereocenters. The minimum Gasteiger partial charge on any atom is -0.465 e. The van der Waals surface area contributed by atoms with Gasteiger partial charge in [0, 0.05) is 17.8 Å². The number of esters is 1. The van der Waals surface area contributed by atoms with Crippen molar-refractivity contribution >= 4 is 5.97 Å². The number of fused-ring (bicyclic) bond motifs is 7. The van der Waals surface area contributed by atoms with Crippen LogP contribution in [0.1, 0.15) is 98.8 Å². The zero-order valence-corrected chi connectivity index (χ0v) is 24.0. The van der Waals surface area contributed by atoms with Crippen LogP contribution in [-0.2, 0) is 9.53 Å². The predicted octanol–water partition coefficient (Wildman–Crippen LogP) is 5.51. The first-order valence-electron chi connectivity index (χ1n) is 15.0. The zero-order valence-electron chi connectivity index (χ0n) is 24.0. The van der Waals surface area contributed by atoms with E-state index in [1.807, 2.05) is 0 Å². The number of carbonyl (C=O) groups is 1. The van der Waals surface area contributed by atoms with Crippen LogP contribution in [0, 0.1) is 56.7 Å². The van der Waals surface area contributed by atoms with Gasteiger partial charge in [-0.1, -0.05) is 34.3 Å². The van der Waals surface area contributed by atoms with Crippen LogP contribution >= 0.6 is 0 Å². The average Bonchev–Trinajstić information content (AvgIpc) is 3.25. The standard InChI is InChI=1S/C32H52O5/c1-20(17-33)22-9-14-32(19-37-21(2)35)16-15-30(5)23(27(22)32)7-8-25-28(3)12-11-26(36)29(4,18-34)24(28)10-13-31(25,30)6/h22-27,33-34,36H,1,7-19H2,2-6H3/t22-,23+,24+,25+,26-,27+,28-,29-,30+,31+,32+/m0/s1. The minimum absolute atomic E-state index is 0.00661. The lowest BCUT2D eigenvalue weighted by atomic mass is 9.32. The van der Waals surface area contributed by atoms with E-state index in [1.54, 1.807) is 0 Å². The highest BCUT2D eigenvalue weighted by Gasteiger charge is 2.71. The second kappa shape index (κ2) is 9.06. The predicted molar refractivity (Wildman–Crippen MR) is 144 cm³/mol. The van der Waals surface area contributed by atoms with Gasteiger partial charge in [0.25, 0.3) is 0 Å². The van der Waals surface area contributed by atoms with E-state index in [4.69, 9.17) is 4.74 Å².